The van der Waals surface area contributed by atoms with Crippen LogP contribution in [0.2, 0.25) is 0 Å². The number of phosphoric ester groups is 1. The average Bonchev–Trinajstić information content (AvgIpc) is 3.37. The summed E-state index contributed by atoms with van der Waals surface area (Å²) in [5.74, 6) is -1.63. The van der Waals surface area contributed by atoms with Gasteiger partial charge in [-0.15, -0.1) is 0 Å². The lowest BCUT2D eigenvalue weighted by molar-refractivity contribution is -0.161. The molecule has 0 heterocycles. The molecule has 0 aromatic heterocycles. The standard InChI is InChI=1S/C60H95O11P/c1-4-7-10-13-16-19-22-25-26-27-28-29-30-33-36-39-42-45-48-51-60(64)71-57(53-67-58(62)49-46-43-40-37-34-31-23-20-17-14-11-8-5-2)55-69-72(65,66)68-54-56(52-61)70-59(63)50-47-44-41-38-35-32-24-21-18-15-12-9-6-3/h7-12,16-21,25-26,28-29,31-32,34-35,40,43,56-57,61H,4-6,13-15,22-24,27,30,33,36-39,41-42,44-55H2,1-3H3,(H,65,66)/b10-7-,11-8-,12-9-,19-16-,20-17-,21-18-,26-25-,29-28-,34-31-,35-32-,43-40-. The summed E-state index contributed by atoms with van der Waals surface area (Å²) in [6.45, 7) is 4.13. The molecule has 3 atom stereocenters. The van der Waals surface area contributed by atoms with E-state index in [1.807, 2.05) is 12.2 Å². The van der Waals surface area contributed by atoms with Gasteiger partial charge in [-0.1, -0.05) is 187 Å². The molecule has 12 heteroatoms. The van der Waals surface area contributed by atoms with E-state index in [1.165, 1.54) is 0 Å². The Morgan fingerprint density at radius 1 is 0.389 bits per heavy atom. The van der Waals surface area contributed by atoms with Crippen LogP contribution in [0.4, 0.5) is 0 Å². The minimum Gasteiger partial charge on any atom is -0.462 e. The van der Waals surface area contributed by atoms with Crippen molar-refractivity contribution in [3.8, 4) is 0 Å². The zero-order chi connectivity index (χ0) is 52.7. The zero-order valence-corrected chi connectivity index (χ0v) is 45.5. The van der Waals surface area contributed by atoms with Crippen molar-refractivity contribution >= 4 is 25.7 Å². The second-order valence-corrected chi connectivity index (χ2v) is 18.7. The number of hydrogen-bond acceptors (Lipinski definition) is 10. The normalized spacial score (nSPS) is 14.5. The summed E-state index contributed by atoms with van der Waals surface area (Å²) in [5, 5.41) is 9.78. The Morgan fingerprint density at radius 2 is 0.708 bits per heavy atom. The van der Waals surface area contributed by atoms with Gasteiger partial charge in [0.2, 0.25) is 0 Å². The Balaban J connectivity index is 4.87. The number of phosphoric acid groups is 1. The van der Waals surface area contributed by atoms with E-state index in [-0.39, 0.29) is 25.9 Å². The molecule has 0 aliphatic carbocycles. The van der Waals surface area contributed by atoms with E-state index in [9.17, 15) is 28.9 Å². The number of ether oxygens (including phenoxy) is 3. The fourth-order valence-electron chi connectivity index (χ4n) is 6.55. The van der Waals surface area contributed by atoms with Crippen molar-refractivity contribution in [3.63, 3.8) is 0 Å². The van der Waals surface area contributed by atoms with Crippen molar-refractivity contribution < 1.29 is 52.2 Å². The molecule has 0 aliphatic heterocycles. The molecule has 72 heavy (non-hydrogen) atoms. The van der Waals surface area contributed by atoms with Crippen LogP contribution in [0.3, 0.4) is 0 Å². The summed E-state index contributed by atoms with van der Waals surface area (Å²) in [6, 6.07) is 0. The number of carbonyl (C=O) groups excluding carboxylic acids is 3. The highest BCUT2D eigenvalue weighted by Crippen LogP contribution is 2.43. The first-order chi connectivity index (χ1) is 35.2. The molecule has 0 spiro atoms. The Labute approximate surface area is 436 Å². The van der Waals surface area contributed by atoms with E-state index >= 15 is 0 Å². The summed E-state index contributed by atoms with van der Waals surface area (Å²) >= 11 is 0. The van der Waals surface area contributed by atoms with E-state index in [4.69, 9.17) is 23.3 Å². The lowest BCUT2D eigenvalue weighted by atomic mass is 10.1. The Kier molecular flexibility index (Phi) is 49.7. The molecule has 3 unspecified atom stereocenters. The second-order valence-electron chi connectivity index (χ2n) is 17.2. The first-order valence-corrected chi connectivity index (χ1v) is 28.6. The molecule has 0 aliphatic rings. The number of hydrogen-bond donors (Lipinski definition) is 2. The predicted molar refractivity (Wildman–Crippen MR) is 297 cm³/mol. The van der Waals surface area contributed by atoms with Crippen molar-refractivity contribution in [1.29, 1.82) is 0 Å². The lowest BCUT2D eigenvalue weighted by Gasteiger charge is -2.21. The first-order valence-electron chi connectivity index (χ1n) is 27.1. The van der Waals surface area contributed by atoms with Gasteiger partial charge in [0.1, 0.15) is 12.7 Å². The quantitative estimate of drug-likeness (QED) is 0.0197. The Bertz CT molecular complexity index is 1710. The number of unbranched alkanes of at least 4 members (excludes halogenated alkanes) is 9. The van der Waals surface area contributed by atoms with Gasteiger partial charge in [0.15, 0.2) is 6.10 Å². The van der Waals surface area contributed by atoms with Crippen molar-refractivity contribution in [2.24, 2.45) is 0 Å². The molecule has 0 rings (SSSR count). The van der Waals surface area contributed by atoms with E-state index in [0.29, 0.717) is 19.3 Å². The van der Waals surface area contributed by atoms with Crippen molar-refractivity contribution in [1.82, 2.24) is 0 Å². The maximum atomic E-state index is 12.9. The van der Waals surface area contributed by atoms with Crippen LogP contribution >= 0.6 is 7.82 Å². The monoisotopic (exact) mass is 1020 g/mol. The zero-order valence-electron chi connectivity index (χ0n) is 44.6. The molecule has 0 amide bonds. The lowest BCUT2D eigenvalue weighted by Crippen LogP contribution is -2.30. The summed E-state index contributed by atoms with van der Waals surface area (Å²) in [4.78, 5) is 48.4. The van der Waals surface area contributed by atoms with Crippen LogP contribution < -0.4 is 0 Å². The topological polar surface area (TPSA) is 155 Å². The van der Waals surface area contributed by atoms with Crippen LogP contribution in [0.25, 0.3) is 0 Å². The summed E-state index contributed by atoms with van der Waals surface area (Å²) in [5.41, 5.74) is 0. The smallest absolute Gasteiger partial charge is 0.462 e. The van der Waals surface area contributed by atoms with Crippen molar-refractivity contribution in [2.75, 3.05) is 26.4 Å². The van der Waals surface area contributed by atoms with E-state index in [1.54, 1.807) is 0 Å². The number of esters is 3. The van der Waals surface area contributed by atoms with Crippen LogP contribution in [-0.2, 0) is 42.2 Å². The number of carbonyl (C=O) groups is 3. The largest absolute Gasteiger partial charge is 0.472 e. The average molecular weight is 1020 g/mol. The highest BCUT2D eigenvalue weighted by molar-refractivity contribution is 7.47. The number of aliphatic hydroxyl groups is 1. The highest BCUT2D eigenvalue weighted by Gasteiger charge is 2.28. The van der Waals surface area contributed by atoms with Gasteiger partial charge in [-0.25, -0.2) is 4.57 Å². The number of aliphatic hydroxyl groups excluding tert-OH is 1. The van der Waals surface area contributed by atoms with Crippen LogP contribution in [0.15, 0.2) is 134 Å². The third-order valence-corrected chi connectivity index (χ3v) is 11.5. The van der Waals surface area contributed by atoms with E-state index in [0.717, 1.165) is 128 Å². The third-order valence-electron chi connectivity index (χ3n) is 10.6. The summed E-state index contributed by atoms with van der Waals surface area (Å²) in [6.07, 6.45) is 65.8. The number of rotatable bonds is 48. The molecular formula is C60H95O11P. The predicted octanol–water partition coefficient (Wildman–Crippen LogP) is 15.8. The molecule has 0 radical (unpaired) electrons. The molecule has 0 fully saturated rings. The SMILES string of the molecule is CC/C=C\C/C=C\C/C=C\C/C=C\CCCCCCCCC(=O)OC(COC(=O)CC/C=C\C/C=C\C/C=C\C/C=C\CC)COP(=O)(O)OCC(CO)OC(=O)CCCCC/C=C\C/C=C\C/C=C\CC. The molecule has 0 aromatic carbocycles. The van der Waals surface area contributed by atoms with E-state index in [2.05, 4.69) is 142 Å². The van der Waals surface area contributed by atoms with E-state index < -0.39 is 57.8 Å². The third kappa shape index (κ3) is 50.6. The van der Waals surface area contributed by atoms with Gasteiger partial charge < -0.3 is 24.2 Å². The minimum atomic E-state index is -4.78. The maximum absolute atomic E-state index is 12.9. The van der Waals surface area contributed by atoms with Gasteiger partial charge in [0.25, 0.3) is 0 Å². The Hall–Kier alpha value is -4.38. The molecule has 0 bridgehead atoms. The van der Waals surface area contributed by atoms with Gasteiger partial charge in [0.05, 0.1) is 19.8 Å². The van der Waals surface area contributed by atoms with Gasteiger partial charge in [0, 0.05) is 19.3 Å². The van der Waals surface area contributed by atoms with Gasteiger partial charge in [-0.3, -0.25) is 23.4 Å². The van der Waals surface area contributed by atoms with Crippen LogP contribution in [-0.4, -0.2) is 66.5 Å². The molecule has 2 N–H and O–H groups in total. The second kappa shape index (κ2) is 52.9. The Morgan fingerprint density at radius 3 is 1.11 bits per heavy atom. The van der Waals surface area contributed by atoms with Crippen LogP contribution in [0, 0.1) is 0 Å². The minimum absolute atomic E-state index is 0.0925. The van der Waals surface area contributed by atoms with Crippen molar-refractivity contribution in [2.45, 2.75) is 200 Å². The van der Waals surface area contributed by atoms with Gasteiger partial charge in [-0.2, -0.15) is 0 Å². The molecule has 406 valence electrons. The number of allylic oxidation sites excluding steroid dienone is 22. The molecule has 0 aromatic rings. The molecule has 0 saturated heterocycles. The summed E-state index contributed by atoms with van der Waals surface area (Å²) in [7, 11) is -4.78. The fourth-order valence-corrected chi connectivity index (χ4v) is 7.33. The molecular weight excluding hydrogens is 928 g/mol. The van der Waals surface area contributed by atoms with Gasteiger partial charge >= 0.3 is 25.7 Å². The van der Waals surface area contributed by atoms with Crippen LogP contribution in [0.5, 0.6) is 0 Å². The fraction of sp³-hybridized carbons (Fsp3) is 0.583. The first kappa shape index (κ1) is 67.6. The molecule has 0 saturated carbocycles. The van der Waals surface area contributed by atoms with Gasteiger partial charge in [-0.05, 0) is 116 Å². The van der Waals surface area contributed by atoms with Crippen molar-refractivity contribution in [3.05, 3.63) is 134 Å². The highest BCUT2D eigenvalue weighted by atomic mass is 31.2. The summed E-state index contributed by atoms with van der Waals surface area (Å²) < 4.78 is 39.3. The van der Waals surface area contributed by atoms with Crippen LogP contribution in [0.1, 0.15) is 188 Å². The molecule has 11 nitrogen and oxygen atoms in total. The maximum Gasteiger partial charge on any atom is 0.472 e.